The van der Waals surface area contributed by atoms with Gasteiger partial charge < -0.3 is 15.0 Å². The molecule has 1 fully saturated rings. The normalized spacial score (nSPS) is 13.9. The molecule has 4 aromatic rings. The van der Waals surface area contributed by atoms with Crippen molar-refractivity contribution in [1.29, 1.82) is 0 Å². The smallest absolute Gasteiger partial charge is 0.264 e. The van der Waals surface area contributed by atoms with E-state index >= 15 is 0 Å². The van der Waals surface area contributed by atoms with E-state index in [-0.39, 0.29) is 35.5 Å². The molecule has 2 amide bonds. The predicted molar refractivity (Wildman–Crippen MR) is 185 cm³/mol. The van der Waals surface area contributed by atoms with Crippen LogP contribution in [0.5, 0.6) is 5.75 Å². The van der Waals surface area contributed by atoms with Crippen LogP contribution < -0.4 is 14.4 Å². The fourth-order valence-electron chi connectivity index (χ4n) is 5.77. The maximum absolute atomic E-state index is 14.7. The van der Waals surface area contributed by atoms with E-state index in [2.05, 4.69) is 5.32 Å². The third kappa shape index (κ3) is 8.46. The maximum atomic E-state index is 14.7. The van der Waals surface area contributed by atoms with Gasteiger partial charge in [0.25, 0.3) is 10.0 Å². The number of carbonyl (C=O) groups is 2. The van der Waals surface area contributed by atoms with Crippen molar-refractivity contribution < 1.29 is 22.7 Å². The van der Waals surface area contributed by atoms with Crippen molar-refractivity contribution in [2.75, 3.05) is 18.0 Å². The van der Waals surface area contributed by atoms with Crippen LogP contribution in [0.4, 0.5) is 5.69 Å². The molecule has 0 aliphatic heterocycles. The molecule has 1 aliphatic rings. The standard InChI is InChI=1S/C36H37Cl2N3O5S/c1-46-29-21-19-28(20-22-29)41(47(44,45)30-15-6-3-7-16-30)25-35(42)40(24-31-32(37)17-10-18-33(31)38)34(23-26-11-4-2-5-12-26)36(43)39-27-13-8-9-14-27/h2-7,10-12,15-22,27,34H,8-9,13-14,23-25H2,1H3,(H,39,43). The zero-order valence-electron chi connectivity index (χ0n) is 26.0. The summed E-state index contributed by atoms with van der Waals surface area (Å²) in [4.78, 5) is 30.2. The second kappa shape index (κ2) is 15.7. The summed E-state index contributed by atoms with van der Waals surface area (Å²) in [5, 5.41) is 3.81. The summed E-state index contributed by atoms with van der Waals surface area (Å²) in [6.07, 6.45) is 3.94. The molecular weight excluding hydrogens is 657 g/mol. The maximum Gasteiger partial charge on any atom is 0.264 e. The number of carbonyl (C=O) groups excluding carboxylic acids is 2. The minimum Gasteiger partial charge on any atom is -0.497 e. The zero-order valence-corrected chi connectivity index (χ0v) is 28.3. The van der Waals surface area contributed by atoms with Gasteiger partial charge in [-0.3, -0.25) is 13.9 Å². The molecule has 4 aromatic carbocycles. The van der Waals surface area contributed by atoms with Crippen molar-refractivity contribution in [3.63, 3.8) is 0 Å². The van der Waals surface area contributed by atoms with E-state index < -0.39 is 28.5 Å². The van der Waals surface area contributed by atoms with E-state index in [1.165, 1.54) is 24.1 Å². The summed E-state index contributed by atoms with van der Waals surface area (Å²) >= 11 is 13.2. The quantitative estimate of drug-likeness (QED) is 0.164. The van der Waals surface area contributed by atoms with Crippen LogP contribution in [0.15, 0.2) is 108 Å². The number of halogens is 2. The SMILES string of the molecule is COc1ccc(N(CC(=O)N(Cc2c(Cl)cccc2Cl)C(Cc2ccccc2)C(=O)NC2CCCC2)S(=O)(=O)c2ccccc2)cc1. The molecule has 1 aliphatic carbocycles. The Bertz CT molecular complexity index is 1750. The Morgan fingerprint density at radius 2 is 1.45 bits per heavy atom. The third-order valence-electron chi connectivity index (χ3n) is 8.33. The Balaban J connectivity index is 1.59. The molecule has 0 heterocycles. The molecule has 47 heavy (non-hydrogen) atoms. The van der Waals surface area contributed by atoms with Gasteiger partial charge in [0.1, 0.15) is 18.3 Å². The fourth-order valence-corrected chi connectivity index (χ4v) is 7.72. The van der Waals surface area contributed by atoms with E-state index in [9.17, 15) is 18.0 Å². The van der Waals surface area contributed by atoms with Gasteiger partial charge in [0.2, 0.25) is 11.8 Å². The Morgan fingerprint density at radius 1 is 0.851 bits per heavy atom. The summed E-state index contributed by atoms with van der Waals surface area (Å²) in [6.45, 7) is -0.706. The predicted octanol–water partition coefficient (Wildman–Crippen LogP) is 6.90. The van der Waals surface area contributed by atoms with Crippen LogP contribution in [0.25, 0.3) is 0 Å². The topological polar surface area (TPSA) is 96.0 Å². The molecule has 0 saturated heterocycles. The molecule has 8 nitrogen and oxygen atoms in total. The van der Waals surface area contributed by atoms with E-state index in [0.717, 1.165) is 35.6 Å². The summed E-state index contributed by atoms with van der Waals surface area (Å²) in [6, 6.07) is 27.8. The number of sulfonamides is 1. The molecule has 5 rings (SSSR count). The second-order valence-corrected chi connectivity index (χ2v) is 14.1. The highest BCUT2D eigenvalue weighted by Gasteiger charge is 2.36. The largest absolute Gasteiger partial charge is 0.497 e. The van der Waals surface area contributed by atoms with Crippen LogP contribution >= 0.6 is 23.2 Å². The van der Waals surface area contributed by atoms with E-state index in [4.69, 9.17) is 27.9 Å². The minimum atomic E-state index is -4.22. The van der Waals surface area contributed by atoms with Crippen molar-refractivity contribution in [1.82, 2.24) is 10.2 Å². The summed E-state index contributed by atoms with van der Waals surface area (Å²) < 4.78 is 34.6. The molecule has 11 heteroatoms. The lowest BCUT2D eigenvalue weighted by molar-refractivity contribution is -0.140. The molecule has 0 spiro atoms. The van der Waals surface area contributed by atoms with E-state index in [1.807, 2.05) is 30.3 Å². The summed E-state index contributed by atoms with van der Waals surface area (Å²) in [5.74, 6) is -0.392. The van der Waals surface area contributed by atoms with Gasteiger partial charge in [-0.25, -0.2) is 8.42 Å². The lowest BCUT2D eigenvalue weighted by Gasteiger charge is -2.34. The van der Waals surface area contributed by atoms with Gasteiger partial charge in [0.05, 0.1) is 17.7 Å². The molecule has 1 saturated carbocycles. The van der Waals surface area contributed by atoms with Crippen LogP contribution in [0.2, 0.25) is 10.0 Å². The minimum absolute atomic E-state index is 0.00381. The first kappa shape index (κ1) is 34.3. The molecule has 0 aromatic heterocycles. The first-order valence-corrected chi connectivity index (χ1v) is 17.7. The highest BCUT2D eigenvalue weighted by molar-refractivity contribution is 7.92. The van der Waals surface area contributed by atoms with Crippen LogP contribution in [-0.2, 0) is 32.6 Å². The molecule has 0 bridgehead atoms. The van der Waals surface area contributed by atoms with Crippen molar-refractivity contribution in [3.05, 3.63) is 124 Å². The number of benzene rings is 4. The van der Waals surface area contributed by atoms with Crippen molar-refractivity contribution in [2.45, 2.75) is 55.6 Å². The molecule has 1 atom stereocenters. The number of hydrogen-bond acceptors (Lipinski definition) is 5. The third-order valence-corrected chi connectivity index (χ3v) is 10.8. The molecule has 1 N–H and O–H groups in total. The molecule has 1 unspecified atom stereocenters. The van der Waals surface area contributed by atoms with Gasteiger partial charge in [-0.15, -0.1) is 0 Å². The number of hydrogen-bond donors (Lipinski definition) is 1. The Kier molecular flexibility index (Phi) is 11.4. The van der Waals surface area contributed by atoms with E-state index in [1.54, 1.807) is 60.7 Å². The van der Waals surface area contributed by atoms with Gasteiger partial charge in [0.15, 0.2) is 0 Å². The Labute approximate surface area is 286 Å². The molecular formula is C36H37Cl2N3O5S. The second-order valence-electron chi connectivity index (χ2n) is 11.4. The lowest BCUT2D eigenvalue weighted by Crippen LogP contribution is -2.54. The Morgan fingerprint density at radius 3 is 2.04 bits per heavy atom. The number of ether oxygens (including phenoxy) is 1. The summed E-state index contributed by atoms with van der Waals surface area (Å²) in [5.41, 5.74) is 1.55. The van der Waals surface area contributed by atoms with E-state index in [0.29, 0.717) is 21.4 Å². The number of rotatable bonds is 13. The van der Waals surface area contributed by atoms with Gasteiger partial charge in [-0.2, -0.15) is 0 Å². The number of nitrogens with zero attached hydrogens (tertiary/aromatic N) is 2. The number of anilines is 1. The van der Waals surface area contributed by atoms with Gasteiger partial charge in [-0.05, 0) is 66.9 Å². The number of methoxy groups -OCH3 is 1. The Hall–Kier alpha value is -4.05. The number of amides is 2. The highest BCUT2D eigenvalue weighted by Crippen LogP contribution is 2.30. The summed E-state index contributed by atoms with van der Waals surface area (Å²) in [7, 11) is -2.71. The number of nitrogens with one attached hydrogen (secondary N) is 1. The highest BCUT2D eigenvalue weighted by atomic mass is 35.5. The monoisotopic (exact) mass is 693 g/mol. The zero-order chi connectivity index (χ0) is 33.4. The average molecular weight is 695 g/mol. The van der Waals surface area contributed by atoms with Gasteiger partial charge in [-0.1, -0.05) is 90.6 Å². The van der Waals surface area contributed by atoms with Crippen molar-refractivity contribution in [3.8, 4) is 5.75 Å². The fraction of sp³-hybridized carbons (Fsp3) is 0.278. The van der Waals surface area contributed by atoms with Crippen LogP contribution in [0, 0.1) is 0 Å². The van der Waals surface area contributed by atoms with Crippen molar-refractivity contribution >= 4 is 50.7 Å². The average Bonchev–Trinajstić information content (AvgIpc) is 3.60. The first-order valence-electron chi connectivity index (χ1n) is 15.5. The lowest BCUT2D eigenvalue weighted by atomic mass is 10.0. The van der Waals surface area contributed by atoms with Crippen molar-refractivity contribution in [2.24, 2.45) is 0 Å². The molecule has 0 radical (unpaired) electrons. The van der Waals surface area contributed by atoms with Crippen LogP contribution in [0.1, 0.15) is 36.8 Å². The van der Waals surface area contributed by atoms with Gasteiger partial charge in [0, 0.05) is 34.6 Å². The van der Waals surface area contributed by atoms with Crippen LogP contribution in [-0.4, -0.2) is 50.9 Å². The molecule has 246 valence electrons. The van der Waals surface area contributed by atoms with Crippen LogP contribution in [0.3, 0.4) is 0 Å². The first-order chi connectivity index (χ1) is 22.7. The van der Waals surface area contributed by atoms with Gasteiger partial charge >= 0.3 is 0 Å².